The smallest absolute Gasteiger partial charge is 0.387 e. The van der Waals surface area contributed by atoms with Crippen molar-refractivity contribution in [3.05, 3.63) is 44.6 Å². The average molecular weight is 388 g/mol. The van der Waals surface area contributed by atoms with Crippen LogP contribution in [0.5, 0.6) is 5.75 Å². The molecular weight excluding hydrogens is 379 g/mol. The van der Waals surface area contributed by atoms with Crippen LogP contribution in [-0.4, -0.2) is 15.0 Å². The Labute approximate surface area is 139 Å². The molecule has 22 heavy (non-hydrogen) atoms. The maximum atomic E-state index is 12.1. The fourth-order valence-corrected chi connectivity index (χ4v) is 4.72. The number of benzene rings is 1. The Morgan fingerprint density at radius 1 is 1.23 bits per heavy atom. The van der Waals surface area contributed by atoms with Crippen LogP contribution in [0.3, 0.4) is 0 Å². The van der Waals surface area contributed by atoms with Gasteiger partial charge in [0.25, 0.3) is 0 Å². The Balaban J connectivity index is 2.04. The lowest BCUT2D eigenvalue weighted by Gasteiger charge is -2.07. The quantitative estimate of drug-likeness (QED) is 0.810. The zero-order valence-electron chi connectivity index (χ0n) is 10.7. The molecule has 0 atom stereocenters. The largest absolute Gasteiger partial charge is 0.435 e. The van der Waals surface area contributed by atoms with Gasteiger partial charge >= 0.3 is 6.61 Å². The molecule has 2 rings (SSSR count). The molecule has 2 aromatic rings. The van der Waals surface area contributed by atoms with Crippen LogP contribution in [0.15, 0.2) is 35.2 Å². The highest BCUT2D eigenvalue weighted by atomic mass is 35.5. The molecular formula is C12H9Cl2F2NO3S2. The lowest BCUT2D eigenvalue weighted by atomic mass is 10.2. The van der Waals surface area contributed by atoms with E-state index in [1.807, 2.05) is 0 Å². The van der Waals surface area contributed by atoms with Gasteiger partial charge in [0, 0.05) is 6.54 Å². The zero-order valence-corrected chi connectivity index (χ0v) is 13.9. The number of sulfonamides is 1. The van der Waals surface area contributed by atoms with Gasteiger partial charge in [-0.05, 0) is 23.8 Å². The SMILES string of the molecule is O=S(=O)(NCc1ccc(OC(F)F)cc1)c1cc(Cl)sc1Cl. The summed E-state index contributed by atoms with van der Waals surface area (Å²) in [5.41, 5.74) is 0.572. The van der Waals surface area contributed by atoms with Crippen LogP contribution in [0.4, 0.5) is 8.78 Å². The summed E-state index contributed by atoms with van der Waals surface area (Å²) in [6.45, 7) is -2.93. The van der Waals surface area contributed by atoms with Crippen molar-refractivity contribution in [3.8, 4) is 5.75 Å². The molecule has 0 aliphatic heterocycles. The lowest BCUT2D eigenvalue weighted by molar-refractivity contribution is -0.0498. The van der Waals surface area contributed by atoms with Crippen LogP contribution in [-0.2, 0) is 16.6 Å². The van der Waals surface area contributed by atoms with E-state index in [-0.39, 0.29) is 25.9 Å². The highest BCUT2D eigenvalue weighted by Gasteiger charge is 2.20. The Morgan fingerprint density at radius 3 is 2.36 bits per heavy atom. The second-order valence-corrected chi connectivity index (χ2v) is 8.06. The highest BCUT2D eigenvalue weighted by molar-refractivity contribution is 7.89. The molecule has 0 fully saturated rings. The molecule has 0 bridgehead atoms. The standard InChI is InChI=1S/C12H9Cl2F2NO3S2/c13-10-5-9(11(14)21-10)22(18,19)17-6-7-1-3-8(4-2-7)20-12(15)16/h1-5,12,17H,6H2. The van der Waals surface area contributed by atoms with Gasteiger partial charge in [0.15, 0.2) is 0 Å². The summed E-state index contributed by atoms with van der Waals surface area (Å²) in [5.74, 6) is -0.00531. The van der Waals surface area contributed by atoms with Gasteiger partial charge < -0.3 is 4.74 Å². The van der Waals surface area contributed by atoms with Crippen LogP contribution in [0.2, 0.25) is 8.67 Å². The monoisotopic (exact) mass is 387 g/mol. The van der Waals surface area contributed by atoms with Crippen LogP contribution >= 0.6 is 34.5 Å². The van der Waals surface area contributed by atoms with E-state index >= 15 is 0 Å². The van der Waals surface area contributed by atoms with E-state index in [1.54, 1.807) is 0 Å². The fraction of sp³-hybridized carbons (Fsp3) is 0.167. The number of alkyl halides is 2. The molecule has 4 nitrogen and oxygen atoms in total. The summed E-state index contributed by atoms with van der Waals surface area (Å²) in [5, 5.41) is 0. The van der Waals surface area contributed by atoms with E-state index in [0.29, 0.717) is 5.56 Å². The maximum absolute atomic E-state index is 12.1. The average Bonchev–Trinajstić information content (AvgIpc) is 2.77. The molecule has 0 aliphatic rings. The molecule has 0 saturated heterocycles. The fourth-order valence-electron chi connectivity index (χ4n) is 1.55. The van der Waals surface area contributed by atoms with Gasteiger partial charge in [0.05, 0.1) is 4.34 Å². The van der Waals surface area contributed by atoms with E-state index in [1.165, 1.54) is 30.3 Å². The first-order valence-corrected chi connectivity index (χ1v) is 8.82. The normalized spacial score (nSPS) is 11.9. The molecule has 0 radical (unpaired) electrons. The van der Waals surface area contributed by atoms with Crippen molar-refractivity contribution in [3.63, 3.8) is 0 Å². The van der Waals surface area contributed by atoms with Gasteiger partial charge in [-0.2, -0.15) is 8.78 Å². The van der Waals surface area contributed by atoms with Gasteiger partial charge in [0.2, 0.25) is 10.0 Å². The van der Waals surface area contributed by atoms with Gasteiger partial charge in [-0.15, -0.1) is 11.3 Å². The van der Waals surface area contributed by atoms with Crippen molar-refractivity contribution in [1.82, 2.24) is 4.72 Å². The van der Waals surface area contributed by atoms with E-state index in [9.17, 15) is 17.2 Å². The van der Waals surface area contributed by atoms with E-state index in [4.69, 9.17) is 23.2 Å². The third-order valence-corrected chi connectivity index (χ3v) is 5.68. The molecule has 0 saturated carbocycles. The van der Waals surface area contributed by atoms with E-state index < -0.39 is 16.6 Å². The molecule has 0 aliphatic carbocycles. The van der Waals surface area contributed by atoms with Gasteiger partial charge in [-0.25, -0.2) is 13.1 Å². The zero-order chi connectivity index (χ0) is 16.3. The third kappa shape index (κ3) is 4.53. The number of nitrogens with one attached hydrogen (secondary N) is 1. The second-order valence-electron chi connectivity index (χ2n) is 4.04. The molecule has 0 amide bonds. The molecule has 10 heteroatoms. The Morgan fingerprint density at radius 2 is 1.86 bits per heavy atom. The van der Waals surface area contributed by atoms with Crippen molar-refractivity contribution in [2.75, 3.05) is 0 Å². The minimum Gasteiger partial charge on any atom is -0.435 e. The van der Waals surface area contributed by atoms with Crippen LogP contribution in [0.1, 0.15) is 5.56 Å². The third-order valence-electron chi connectivity index (χ3n) is 2.53. The summed E-state index contributed by atoms with van der Waals surface area (Å²) in [4.78, 5) is -0.0955. The highest BCUT2D eigenvalue weighted by Crippen LogP contribution is 2.34. The number of hydrogen-bond acceptors (Lipinski definition) is 4. The minimum absolute atomic E-state index is 0.00531. The summed E-state index contributed by atoms with van der Waals surface area (Å²) < 4.78 is 55.1. The van der Waals surface area contributed by atoms with Crippen LogP contribution in [0.25, 0.3) is 0 Å². The summed E-state index contributed by atoms with van der Waals surface area (Å²) >= 11 is 12.5. The first-order chi connectivity index (χ1) is 10.3. The molecule has 0 unspecified atom stereocenters. The van der Waals surface area contributed by atoms with Crippen molar-refractivity contribution in [2.45, 2.75) is 18.1 Å². The van der Waals surface area contributed by atoms with Crippen molar-refractivity contribution in [1.29, 1.82) is 0 Å². The van der Waals surface area contributed by atoms with Crippen molar-refractivity contribution in [2.24, 2.45) is 0 Å². The summed E-state index contributed by atoms with van der Waals surface area (Å²) in [6.07, 6.45) is 0. The Hall–Kier alpha value is -0.930. The summed E-state index contributed by atoms with van der Waals surface area (Å²) in [6, 6.07) is 6.86. The van der Waals surface area contributed by atoms with Gasteiger partial charge in [0.1, 0.15) is 15.0 Å². The topological polar surface area (TPSA) is 55.4 Å². The molecule has 120 valence electrons. The number of hydrogen-bond donors (Lipinski definition) is 1. The number of halogens is 4. The minimum atomic E-state index is -3.80. The van der Waals surface area contributed by atoms with E-state index in [0.717, 1.165) is 11.3 Å². The van der Waals surface area contributed by atoms with Gasteiger partial charge in [-0.1, -0.05) is 35.3 Å². The van der Waals surface area contributed by atoms with Crippen molar-refractivity contribution < 1.29 is 21.9 Å². The van der Waals surface area contributed by atoms with Gasteiger partial charge in [-0.3, -0.25) is 0 Å². The first-order valence-electron chi connectivity index (χ1n) is 5.76. The van der Waals surface area contributed by atoms with Crippen LogP contribution in [0, 0.1) is 0 Å². The predicted molar refractivity (Wildman–Crippen MR) is 81.4 cm³/mol. The Bertz CT molecular complexity index is 748. The number of thiophene rings is 1. The first kappa shape index (κ1) is 17.4. The Kier molecular flexibility index (Phi) is 5.62. The van der Waals surface area contributed by atoms with E-state index in [2.05, 4.69) is 9.46 Å². The molecule has 1 N–H and O–H groups in total. The molecule has 1 aromatic carbocycles. The predicted octanol–water partition coefficient (Wildman–Crippen LogP) is 4.13. The molecule has 1 aromatic heterocycles. The van der Waals surface area contributed by atoms with Crippen molar-refractivity contribution >= 4 is 44.6 Å². The lowest BCUT2D eigenvalue weighted by Crippen LogP contribution is -2.23. The maximum Gasteiger partial charge on any atom is 0.387 e. The summed E-state index contributed by atoms with van der Waals surface area (Å²) in [7, 11) is -3.80. The van der Waals surface area contributed by atoms with Crippen LogP contribution < -0.4 is 9.46 Å². The number of rotatable bonds is 6. The number of ether oxygens (including phenoxy) is 1. The molecule has 0 spiro atoms. The molecule has 1 heterocycles. The second kappa shape index (κ2) is 7.10.